The van der Waals surface area contributed by atoms with E-state index in [0.717, 1.165) is 5.39 Å². The lowest BCUT2D eigenvalue weighted by Crippen LogP contribution is -2.14. The summed E-state index contributed by atoms with van der Waals surface area (Å²) < 4.78 is 16.3. The predicted molar refractivity (Wildman–Crippen MR) is 110 cm³/mol. The number of hydrogen-bond acceptors (Lipinski definition) is 6. The van der Waals surface area contributed by atoms with Crippen LogP contribution in [0.4, 0.5) is 0 Å². The van der Waals surface area contributed by atoms with E-state index in [2.05, 4.69) is 4.98 Å². The van der Waals surface area contributed by atoms with Crippen LogP contribution in [0.2, 0.25) is 0 Å². The zero-order valence-electron chi connectivity index (χ0n) is 15.7. The number of pyridine rings is 1. The number of para-hydroxylation sites is 2. The molecule has 0 aliphatic rings. The normalized spacial score (nSPS) is 11.1. The maximum Gasteiger partial charge on any atom is 0.339 e. The summed E-state index contributed by atoms with van der Waals surface area (Å²) in [6.45, 7) is -0.425. The van der Waals surface area contributed by atoms with Crippen LogP contribution >= 0.6 is 0 Å². The van der Waals surface area contributed by atoms with Crippen LogP contribution in [0, 0.1) is 0 Å². The minimum atomic E-state index is -0.620. The van der Waals surface area contributed by atoms with E-state index in [1.807, 2.05) is 30.3 Å². The fourth-order valence-electron chi connectivity index (χ4n) is 3.29. The third kappa shape index (κ3) is 3.24. The summed E-state index contributed by atoms with van der Waals surface area (Å²) in [5.74, 6) is -0.344. The van der Waals surface area contributed by atoms with Crippen molar-refractivity contribution in [1.82, 2.24) is 4.98 Å². The zero-order chi connectivity index (χ0) is 20.5. The van der Waals surface area contributed by atoms with Gasteiger partial charge < -0.3 is 13.6 Å². The smallest absolute Gasteiger partial charge is 0.339 e. The molecular weight excluding hydrogens is 382 g/mol. The molecule has 3 aromatic heterocycles. The Labute approximate surface area is 170 Å². The van der Waals surface area contributed by atoms with Gasteiger partial charge in [0.05, 0.1) is 17.3 Å². The third-order valence-electron chi connectivity index (χ3n) is 4.74. The van der Waals surface area contributed by atoms with Gasteiger partial charge in [0.2, 0.25) is 5.78 Å². The van der Waals surface area contributed by atoms with Crippen molar-refractivity contribution in [3.05, 3.63) is 90.4 Å². The molecule has 0 unspecified atom stereocenters. The van der Waals surface area contributed by atoms with Gasteiger partial charge in [0.1, 0.15) is 11.3 Å². The second-order valence-electron chi connectivity index (χ2n) is 6.70. The number of aromatic nitrogens is 1. The van der Waals surface area contributed by atoms with E-state index < -0.39 is 18.4 Å². The molecule has 5 aromatic rings. The minimum Gasteiger partial charge on any atom is -0.463 e. The average molecular weight is 397 g/mol. The number of ether oxygens (including phenoxy) is 1. The van der Waals surface area contributed by atoms with Crippen LogP contribution in [-0.4, -0.2) is 23.3 Å². The molecule has 0 saturated heterocycles. The van der Waals surface area contributed by atoms with Crippen molar-refractivity contribution in [3.63, 3.8) is 0 Å². The zero-order valence-corrected chi connectivity index (χ0v) is 15.7. The maximum absolute atomic E-state index is 12.8. The summed E-state index contributed by atoms with van der Waals surface area (Å²) in [6, 6.07) is 21.3. The quantitative estimate of drug-likeness (QED) is 0.296. The SMILES string of the molecule is O=C(COC(=O)c1cc(-c2ccco2)nc2ccccc12)c1cc2ccccc2o1. The highest BCUT2D eigenvalue weighted by Gasteiger charge is 2.19. The molecule has 0 saturated carbocycles. The Kier molecular flexibility index (Phi) is 4.37. The Morgan fingerprint density at radius 1 is 0.933 bits per heavy atom. The van der Waals surface area contributed by atoms with Gasteiger partial charge in [0.15, 0.2) is 18.1 Å². The molecule has 0 N–H and O–H groups in total. The summed E-state index contributed by atoms with van der Waals surface area (Å²) in [6.07, 6.45) is 1.54. The van der Waals surface area contributed by atoms with Crippen LogP contribution in [0.1, 0.15) is 20.9 Å². The lowest BCUT2D eigenvalue weighted by molar-refractivity contribution is 0.0470. The van der Waals surface area contributed by atoms with Crippen molar-refractivity contribution in [1.29, 1.82) is 0 Å². The molecule has 6 nitrogen and oxygen atoms in total. The topological polar surface area (TPSA) is 82.5 Å². The van der Waals surface area contributed by atoms with Crippen molar-refractivity contribution in [2.45, 2.75) is 0 Å². The predicted octanol–water partition coefficient (Wildman–Crippen LogP) is 5.28. The summed E-state index contributed by atoms with van der Waals surface area (Å²) in [7, 11) is 0. The van der Waals surface area contributed by atoms with Gasteiger partial charge >= 0.3 is 5.97 Å². The molecule has 0 spiro atoms. The molecule has 0 aliphatic heterocycles. The first-order chi connectivity index (χ1) is 14.7. The third-order valence-corrected chi connectivity index (χ3v) is 4.74. The summed E-state index contributed by atoms with van der Waals surface area (Å²) in [4.78, 5) is 29.8. The summed E-state index contributed by atoms with van der Waals surface area (Å²) in [5.41, 5.74) is 2.05. The highest BCUT2D eigenvalue weighted by Crippen LogP contribution is 2.26. The minimum absolute atomic E-state index is 0.153. The number of fused-ring (bicyclic) bond motifs is 2. The largest absolute Gasteiger partial charge is 0.463 e. The van der Waals surface area contributed by atoms with Gasteiger partial charge in [0.25, 0.3) is 0 Å². The van der Waals surface area contributed by atoms with Crippen LogP contribution in [0.3, 0.4) is 0 Å². The van der Waals surface area contributed by atoms with Gasteiger partial charge in [-0.2, -0.15) is 0 Å². The lowest BCUT2D eigenvalue weighted by Gasteiger charge is -2.08. The molecule has 6 heteroatoms. The van der Waals surface area contributed by atoms with E-state index in [-0.39, 0.29) is 5.76 Å². The van der Waals surface area contributed by atoms with Gasteiger partial charge in [-0.3, -0.25) is 4.79 Å². The number of carbonyl (C=O) groups is 2. The van der Waals surface area contributed by atoms with Crippen molar-refractivity contribution in [2.24, 2.45) is 0 Å². The highest BCUT2D eigenvalue weighted by molar-refractivity contribution is 6.06. The van der Waals surface area contributed by atoms with Crippen LogP contribution in [-0.2, 0) is 4.74 Å². The average Bonchev–Trinajstić information content (AvgIpc) is 3.46. The van der Waals surface area contributed by atoms with E-state index in [1.165, 1.54) is 6.26 Å². The number of furan rings is 2. The van der Waals surface area contributed by atoms with Crippen molar-refractivity contribution >= 4 is 33.6 Å². The molecule has 30 heavy (non-hydrogen) atoms. The first-order valence-corrected chi connectivity index (χ1v) is 9.31. The summed E-state index contributed by atoms with van der Waals surface area (Å²) >= 11 is 0. The molecule has 0 atom stereocenters. The van der Waals surface area contributed by atoms with E-state index in [9.17, 15) is 9.59 Å². The van der Waals surface area contributed by atoms with Crippen molar-refractivity contribution in [3.8, 4) is 11.5 Å². The highest BCUT2D eigenvalue weighted by atomic mass is 16.5. The molecule has 0 radical (unpaired) electrons. The van der Waals surface area contributed by atoms with E-state index in [1.54, 1.807) is 42.5 Å². The molecule has 0 bridgehead atoms. The Morgan fingerprint density at radius 3 is 2.60 bits per heavy atom. The number of carbonyl (C=O) groups excluding carboxylic acids is 2. The molecular formula is C24H15NO5. The number of benzene rings is 2. The Hall–Kier alpha value is -4.19. The van der Waals surface area contributed by atoms with E-state index in [4.69, 9.17) is 13.6 Å². The molecule has 146 valence electrons. The van der Waals surface area contributed by atoms with E-state index in [0.29, 0.717) is 33.5 Å². The van der Waals surface area contributed by atoms with Gasteiger partial charge in [0, 0.05) is 10.8 Å². The second-order valence-corrected chi connectivity index (χ2v) is 6.70. The molecule has 3 heterocycles. The Morgan fingerprint density at radius 2 is 1.77 bits per heavy atom. The number of hydrogen-bond donors (Lipinski definition) is 0. The second kappa shape index (κ2) is 7.33. The van der Waals surface area contributed by atoms with Gasteiger partial charge in [-0.15, -0.1) is 0 Å². The van der Waals surface area contributed by atoms with E-state index >= 15 is 0 Å². The summed E-state index contributed by atoms with van der Waals surface area (Å²) in [5, 5.41) is 1.45. The van der Waals surface area contributed by atoms with Crippen LogP contribution in [0.15, 0.2) is 87.9 Å². The van der Waals surface area contributed by atoms with Crippen LogP contribution in [0.25, 0.3) is 33.3 Å². The van der Waals surface area contributed by atoms with Crippen molar-refractivity contribution in [2.75, 3.05) is 6.61 Å². The number of Topliss-reactive ketones (excluding diaryl/α,β-unsaturated/α-hetero) is 1. The monoisotopic (exact) mass is 397 g/mol. The fourth-order valence-corrected chi connectivity index (χ4v) is 3.29. The first-order valence-electron chi connectivity index (χ1n) is 9.31. The Balaban J connectivity index is 1.42. The standard InChI is InChI=1S/C24H15NO5/c26-20(23-12-15-6-1-4-9-21(15)30-23)14-29-24(27)17-13-19(22-10-5-11-28-22)25-18-8-3-2-7-16(17)18/h1-13H,14H2. The molecule has 5 rings (SSSR count). The molecule has 0 amide bonds. The van der Waals surface area contributed by atoms with Crippen LogP contribution in [0.5, 0.6) is 0 Å². The number of esters is 1. The van der Waals surface area contributed by atoms with Gasteiger partial charge in [-0.25, -0.2) is 9.78 Å². The molecule has 0 fully saturated rings. The Bertz CT molecular complexity index is 1350. The number of ketones is 1. The van der Waals surface area contributed by atoms with Crippen molar-refractivity contribution < 1.29 is 23.2 Å². The first kappa shape index (κ1) is 17.9. The molecule has 0 aliphatic carbocycles. The molecule has 2 aromatic carbocycles. The fraction of sp³-hybridized carbons (Fsp3) is 0.0417. The van der Waals surface area contributed by atoms with Gasteiger partial charge in [-0.05, 0) is 36.4 Å². The lowest BCUT2D eigenvalue weighted by atomic mass is 10.1. The van der Waals surface area contributed by atoms with Crippen LogP contribution < -0.4 is 0 Å². The maximum atomic E-state index is 12.8. The number of nitrogens with zero attached hydrogens (tertiary/aromatic N) is 1. The van der Waals surface area contributed by atoms with Gasteiger partial charge in [-0.1, -0.05) is 36.4 Å². The number of rotatable bonds is 5.